The average Bonchev–Trinajstić information content (AvgIpc) is 2.76. The summed E-state index contributed by atoms with van der Waals surface area (Å²) in [6, 6.07) is 19.7. The second-order valence-electron chi connectivity index (χ2n) is 6.79. The molecule has 0 aromatic heterocycles. The van der Waals surface area contributed by atoms with Gasteiger partial charge in [0.25, 0.3) is 0 Å². The Hall–Kier alpha value is -2.21. The third-order valence-corrected chi connectivity index (χ3v) is 5.65. The lowest BCUT2D eigenvalue weighted by Crippen LogP contribution is -2.17. The van der Waals surface area contributed by atoms with E-state index in [2.05, 4.69) is 33.4 Å². The molecule has 0 saturated carbocycles. The highest BCUT2D eigenvalue weighted by atomic mass is 79.9. The van der Waals surface area contributed by atoms with Crippen molar-refractivity contribution in [2.45, 2.75) is 19.6 Å². The Labute approximate surface area is 191 Å². The Morgan fingerprint density at radius 1 is 0.900 bits per heavy atom. The molecule has 0 amide bonds. The first-order chi connectivity index (χ1) is 14.6. The maximum Gasteiger partial charge on any atom is 0.162 e. The van der Waals surface area contributed by atoms with E-state index in [4.69, 9.17) is 25.8 Å². The summed E-state index contributed by atoms with van der Waals surface area (Å²) in [6.45, 7) is 2.01. The summed E-state index contributed by atoms with van der Waals surface area (Å²) in [6.07, 6.45) is 0.944. The van der Waals surface area contributed by atoms with Crippen molar-refractivity contribution in [1.82, 2.24) is 5.32 Å². The van der Waals surface area contributed by atoms with E-state index in [1.807, 2.05) is 48.5 Å². The van der Waals surface area contributed by atoms with Crippen LogP contribution in [0.1, 0.15) is 16.7 Å². The van der Waals surface area contributed by atoms with Gasteiger partial charge in [0.1, 0.15) is 12.4 Å². The Bertz CT molecular complexity index is 963. The maximum atomic E-state index is 6.04. The van der Waals surface area contributed by atoms with Gasteiger partial charge in [-0.2, -0.15) is 0 Å². The van der Waals surface area contributed by atoms with Crippen LogP contribution in [0.5, 0.6) is 17.2 Å². The van der Waals surface area contributed by atoms with Gasteiger partial charge in [0, 0.05) is 16.0 Å². The number of halogens is 2. The van der Waals surface area contributed by atoms with Gasteiger partial charge in [-0.25, -0.2) is 0 Å². The quantitative estimate of drug-likeness (QED) is 0.352. The standard InChI is InChI=1S/C24H25BrClNO3/c1-28-21-8-6-17(7-9-21)10-11-27-15-19-13-23(29-2)24(14-22(19)25)30-16-18-4-3-5-20(26)12-18/h3-9,12-14,27H,10-11,15-16H2,1-2H3. The molecule has 0 fully saturated rings. The summed E-state index contributed by atoms with van der Waals surface area (Å²) in [5, 5.41) is 4.18. The fourth-order valence-electron chi connectivity index (χ4n) is 3.02. The minimum absolute atomic E-state index is 0.419. The first kappa shape index (κ1) is 22.5. The fourth-order valence-corrected chi connectivity index (χ4v) is 3.70. The van der Waals surface area contributed by atoms with Gasteiger partial charge in [0.2, 0.25) is 0 Å². The molecule has 158 valence electrons. The second kappa shape index (κ2) is 11.3. The number of rotatable bonds is 10. The van der Waals surface area contributed by atoms with Gasteiger partial charge in [0.05, 0.1) is 14.2 Å². The Balaban J connectivity index is 1.56. The predicted octanol–water partition coefficient (Wildman–Crippen LogP) is 6.03. The van der Waals surface area contributed by atoms with Crippen molar-refractivity contribution in [3.63, 3.8) is 0 Å². The molecule has 0 radical (unpaired) electrons. The van der Waals surface area contributed by atoms with Gasteiger partial charge in [0.15, 0.2) is 11.5 Å². The third-order valence-electron chi connectivity index (χ3n) is 4.68. The monoisotopic (exact) mass is 489 g/mol. The van der Waals surface area contributed by atoms with E-state index in [0.29, 0.717) is 23.1 Å². The van der Waals surface area contributed by atoms with Crippen LogP contribution >= 0.6 is 27.5 Å². The molecule has 1 N–H and O–H groups in total. The molecule has 3 rings (SSSR count). The molecule has 6 heteroatoms. The molecule has 0 unspecified atom stereocenters. The van der Waals surface area contributed by atoms with Crippen LogP contribution in [-0.2, 0) is 19.6 Å². The predicted molar refractivity (Wildman–Crippen MR) is 125 cm³/mol. The maximum absolute atomic E-state index is 6.04. The summed E-state index contributed by atoms with van der Waals surface area (Å²) in [5.41, 5.74) is 3.38. The van der Waals surface area contributed by atoms with Crippen molar-refractivity contribution in [3.8, 4) is 17.2 Å². The molecule has 0 aliphatic heterocycles. The third kappa shape index (κ3) is 6.39. The molecule has 3 aromatic rings. The average molecular weight is 491 g/mol. The van der Waals surface area contributed by atoms with Crippen molar-refractivity contribution in [1.29, 1.82) is 0 Å². The summed E-state index contributed by atoms with van der Waals surface area (Å²) >= 11 is 9.69. The summed E-state index contributed by atoms with van der Waals surface area (Å²) < 4.78 is 17.7. The Kier molecular flexibility index (Phi) is 8.43. The smallest absolute Gasteiger partial charge is 0.162 e. The highest BCUT2D eigenvalue weighted by molar-refractivity contribution is 9.10. The lowest BCUT2D eigenvalue weighted by molar-refractivity contribution is 0.284. The minimum atomic E-state index is 0.419. The van der Waals surface area contributed by atoms with Gasteiger partial charge >= 0.3 is 0 Å². The second-order valence-corrected chi connectivity index (χ2v) is 8.08. The zero-order valence-electron chi connectivity index (χ0n) is 17.1. The molecule has 3 aromatic carbocycles. The first-order valence-corrected chi connectivity index (χ1v) is 10.8. The minimum Gasteiger partial charge on any atom is -0.497 e. The largest absolute Gasteiger partial charge is 0.497 e. The molecular weight excluding hydrogens is 466 g/mol. The summed E-state index contributed by atoms with van der Waals surface area (Å²) in [4.78, 5) is 0. The Morgan fingerprint density at radius 2 is 1.70 bits per heavy atom. The molecule has 0 atom stereocenters. The first-order valence-electron chi connectivity index (χ1n) is 9.66. The number of methoxy groups -OCH3 is 2. The number of nitrogens with one attached hydrogen (secondary N) is 1. The number of hydrogen-bond acceptors (Lipinski definition) is 4. The van der Waals surface area contributed by atoms with Crippen LogP contribution in [-0.4, -0.2) is 20.8 Å². The summed E-state index contributed by atoms with van der Waals surface area (Å²) in [5.74, 6) is 2.26. The van der Waals surface area contributed by atoms with Crippen LogP contribution in [0.25, 0.3) is 0 Å². The van der Waals surface area contributed by atoms with Crippen molar-refractivity contribution >= 4 is 27.5 Å². The molecule has 0 heterocycles. The topological polar surface area (TPSA) is 39.7 Å². The van der Waals surface area contributed by atoms with Crippen LogP contribution in [0.3, 0.4) is 0 Å². The fraction of sp³-hybridized carbons (Fsp3) is 0.250. The van der Waals surface area contributed by atoms with E-state index >= 15 is 0 Å². The van der Waals surface area contributed by atoms with E-state index in [1.165, 1.54) is 5.56 Å². The SMILES string of the molecule is COc1ccc(CCNCc2cc(OC)c(OCc3cccc(Cl)c3)cc2Br)cc1. The van der Waals surface area contributed by atoms with Crippen LogP contribution in [0.15, 0.2) is 65.1 Å². The van der Waals surface area contributed by atoms with Gasteiger partial charge in [-0.15, -0.1) is 0 Å². The molecule has 30 heavy (non-hydrogen) atoms. The van der Waals surface area contributed by atoms with Crippen molar-refractivity contribution in [2.75, 3.05) is 20.8 Å². The van der Waals surface area contributed by atoms with Crippen molar-refractivity contribution in [3.05, 3.63) is 86.8 Å². The zero-order chi connectivity index (χ0) is 21.3. The van der Waals surface area contributed by atoms with Crippen molar-refractivity contribution < 1.29 is 14.2 Å². The number of benzene rings is 3. The molecule has 4 nitrogen and oxygen atoms in total. The molecule has 0 spiro atoms. The summed E-state index contributed by atoms with van der Waals surface area (Å²) in [7, 11) is 3.33. The van der Waals surface area contributed by atoms with Gasteiger partial charge in [-0.1, -0.05) is 51.8 Å². The lowest BCUT2D eigenvalue weighted by atomic mass is 10.1. The molecule has 0 aliphatic carbocycles. The number of hydrogen-bond donors (Lipinski definition) is 1. The molecule has 0 saturated heterocycles. The normalized spacial score (nSPS) is 10.7. The van der Waals surface area contributed by atoms with E-state index < -0.39 is 0 Å². The van der Waals surface area contributed by atoms with Crippen LogP contribution in [0.4, 0.5) is 0 Å². The van der Waals surface area contributed by atoms with Gasteiger partial charge < -0.3 is 19.5 Å². The zero-order valence-corrected chi connectivity index (χ0v) is 19.4. The van der Waals surface area contributed by atoms with Crippen molar-refractivity contribution in [2.24, 2.45) is 0 Å². The number of ether oxygens (including phenoxy) is 3. The van der Waals surface area contributed by atoms with Gasteiger partial charge in [-0.3, -0.25) is 0 Å². The van der Waals surface area contributed by atoms with Crippen LogP contribution < -0.4 is 19.5 Å². The van der Waals surface area contributed by atoms with Crippen LogP contribution in [0, 0.1) is 0 Å². The lowest BCUT2D eigenvalue weighted by Gasteiger charge is -2.15. The van der Waals surface area contributed by atoms with E-state index in [9.17, 15) is 0 Å². The van der Waals surface area contributed by atoms with E-state index in [1.54, 1.807) is 14.2 Å². The Morgan fingerprint density at radius 3 is 2.40 bits per heavy atom. The van der Waals surface area contributed by atoms with E-state index in [-0.39, 0.29) is 0 Å². The van der Waals surface area contributed by atoms with Crippen LogP contribution in [0.2, 0.25) is 5.02 Å². The molecular formula is C24H25BrClNO3. The molecule has 0 aliphatic rings. The van der Waals surface area contributed by atoms with E-state index in [0.717, 1.165) is 40.9 Å². The highest BCUT2D eigenvalue weighted by Gasteiger charge is 2.11. The van der Waals surface area contributed by atoms with Gasteiger partial charge in [-0.05, 0) is 66.1 Å². The highest BCUT2D eigenvalue weighted by Crippen LogP contribution is 2.34. The molecule has 0 bridgehead atoms.